The summed E-state index contributed by atoms with van der Waals surface area (Å²) in [6, 6.07) is 9.03. The molecule has 0 saturated carbocycles. The number of benzene rings is 2. The minimum Gasteiger partial charge on any atom is -0.497 e. The maximum atomic E-state index is 14.2. The van der Waals surface area contributed by atoms with Gasteiger partial charge in [0, 0.05) is 5.56 Å². The smallest absolute Gasteiger partial charge is 0.335 e. The van der Waals surface area contributed by atoms with Gasteiger partial charge in [-0.1, -0.05) is 12.1 Å². The number of hydrogen-bond donors (Lipinski definition) is 1. The predicted molar refractivity (Wildman–Crippen MR) is 71.9 cm³/mol. The van der Waals surface area contributed by atoms with Crippen LogP contribution in [0, 0.1) is 5.82 Å². The maximum absolute atomic E-state index is 14.2. The summed E-state index contributed by atoms with van der Waals surface area (Å²) in [6.45, 7) is 0. The Morgan fingerprint density at radius 3 is 2.50 bits per heavy atom. The molecule has 5 heteroatoms. The van der Waals surface area contributed by atoms with Crippen molar-refractivity contribution in [1.29, 1.82) is 0 Å². The Labute approximate surface area is 115 Å². The zero-order chi connectivity index (χ0) is 14.7. The highest BCUT2D eigenvalue weighted by Crippen LogP contribution is 2.32. The Bertz CT molecular complexity index is 652. The van der Waals surface area contributed by atoms with Gasteiger partial charge in [-0.15, -0.1) is 0 Å². The van der Waals surface area contributed by atoms with E-state index in [1.54, 1.807) is 18.2 Å². The zero-order valence-electron chi connectivity index (χ0n) is 11.0. The number of ether oxygens (including phenoxy) is 2. The van der Waals surface area contributed by atoms with E-state index in [1.807, 2.05) is 0 Å². The molecular weight excluding hydrogens is 263 g/mol. The van der Waals surface area contributed by atoms with E-state index >= 15 is 0 Å². The molecule has 20 heavy (non-hydrogen) atoms. The summed E-state index contributed by atoms with van der Waals surface area (Å²) >= 11 is 0. The molecule has 2 aromatic carbocycles. The van der Waals surface area contributed by atoms with Crippen molar-refractivity contribution < 1.29 is 23.8 Å². The highest BCUT2D eigenvalue weighted by molar-refractivity contribution is 5.90. The standard InChI is InChI=1S/C15H13FO4/c1-19-11-7-9(6-10(8-11)15(17)18)12-4-3-5-13(20-2)14(12)16/h3-8H,1-2H3,(H,17,18). The van der Waals surface area contributed by atoms with Crippen molar-refractivity contribution in [2.24, 2.45) is 0 Å². The topological polar surface area (TPSA) is 55.8 Å². The van der Waals surface area contributed by atoms with Gasteiger partial charge in [0.2, 0.25) is 0 Å². The van der Waals surface area contributed by atoms with Crippen LogP contribution in [-0.2, 0) is 0 Å². The van der Waals surface area contributed by atoms with Crippen molar-refractivity contribution in [3.05, 3.63) is 47.8 Å². The minimum absolute atomic E-state index is 0.0292. The fraction of sp³-hybridized carbons (Fsp3) is 0.133. The molecule has 1 N–H and O–H groups in total. The fourth-order valence-corrected chi connectivity index (χ4v) is 1.89. The normalized spacial score (nSPS) is 10.2. The Kier molecular flexibility index (Phi) is 3.89. The van der Waals surface area contributed by atoms with Crippen LogP contribution in [0.15, 0.2) is 36.4 Å². The van der Waals surface area contributed by atoms with E-state index in [4.69, 9.17) is 14.6 Å². The molecular formula is C15H13FO4. The number of carbonyl (C=O) groups is 1. The lowest BCUT2D eigenvalue weighted by atomic mass is 10.0. The number of methoxy groups -OCH3 is 2. The van der Waals surface area contributed by atoms with Gasteiger partial charge in [-0.05, 0) is 29.8 Å². The molecule has 0 heterocycles. The van der Waals surface area contributed by atoms with Crippen molar-refractivity contribution in [2.45, 2.75) is 0 Å². The molecule has 0 bridgehead atoms. The number of rotatable bonds is 4. The fourth-order valence-electron chi connectivity index (χ4n) is 1.89. The number of aromatic carboxylic acids is 1. The van der Waals surface area contributed by atoms with Crippen LogP contribution in [0.2, 0.25) is 0 Å². The highest BCUT2D eigenvalue weighted by atomic mass is 19.1. The summed E-state index contributed by atoms with van der Waals surface area (Å²) in [5.41, 5.74) is 0.700. The zero-order valence-corrected chi connectivity index (χ0v) is 11.0. The van der Waals surface area contributed by atoms with Crippen molar-refractivity contribution in [2.75, 3.05) is 14.2 Å². The van der Waals surface area contributed by atoms with Crippen LogP contribution < -0.4 is 9.47 Å². The van der Waals surface area contributed by atoms with E-state index in [0.717, 1.165) is 0 Å². The summed E-state index contributed by atoms with van der Waals surface area (Å²) in [4.78, 5) is 11.1. The van der Waals surface area contributed by atoms with E-state index in [2.05, 4.69) is 0 Å². The van der Waals surface area contributed by atoms with Gasteiger partial charge in [-0.25, -0.2) is 9.18 Å². The number of hydrogen-bond acceptors (Lipinski definition) is 3. The third-order valence-electron chi connectivity index (χ3n) is 2.88. The molecule has 0 amide bonds. The summed E-state index contributed by atoms with van der Waals surface area (Å²) in [7, 11) is 2.79. The molecule has 0 radical (unpaired) electrons. The van der Waals surface area contributed by atoms with E-state index < -0.39 is 11.8 Å². The average molecular weight is 276 g/mol. The van der Waals surface area contributed by atoms with Crippen molar-refractivity contribution >= 4 is 5.97 Å². The van der Waals surface area contributed by atoms with Crippen molar-refractivity contribution in [1.82, 2.24) is 0 Å². The Morgan fingerprint density at radius 1 is 1.15 bits per heavy atom. The number of carboxylic acid groups (broad SMARTS) is 1. The second-order valence-electron chi connectivity index (χ2n) is 4.08. The molecule has 0 aliphatic carbocycles. The van der Waals surface area contributed by atoms with Crippen LogP contribution >= 0.6 is 0 Å². The van der Waals surface area contributed by atoms with Crippen LogP contribution in [0.4, 0.5) is 4.39 Å². The second kappa shape index (κ2) is 5.61. The SMILES string of the molecule is COc1cc(C(=O)O)cc(-c2cccc(OC)c2F)c1. The molecule has 0 spiro atoms. The molecule has 0 saturated heterocycles. The average Bonchev–Trinajstić information content (AvgIpc) is 2.46. The van der Waals surface area contributed by atoms with Crippen molar-refractivity contribution in [3.8, 4) is 22.6 Å². The van der Waals surface area contributed by atoms with Crippen LogP contribution in [0.3, 0.4) is 0 Å². The summed E-state index contributed by atoms with van der Waals surface area (Å²) < 4.78 is 24.2. The van der Waals surface area contributed by atoms with E-state index in [1.165, 1.54) is 32.4 Å². The Hall–Kier alpha value is -2.56. The molecule has 0 fully saturated rings. The largest absolute Gasteiger partial charge is 0.497 e. The first-order chi connectivity index (χ1) is 9.56. The molecule has 2 rings (SSSR count). The van der Waals surface area contributed by atoms with Crippen LogP contribution in [0.5, 0.6) is 11.5 Å². The molecule has 0 aromatic heterocycles. The first-order valence-corrected chi connectivity index (χ1v) is 5.82. The quantitative estimate of drug-likeness (QED) is 0.931. The predicted octanol–water partition coefficient (Wildman–Crippen LogP) is 3.21. The van der Waals surface area contributed by atoms with Crippen LogP contribution in [0.25, 0.3) is 11.1 Å². The first kappa shape index (κ1) is 13.9. The third kappa shape index (κ3) is 2.56. The van der Waals surface area contributed by atoms with Gasteiger partial charge < -0.3 is 14.6 Å². The van der Waals surface area contributed by atoms with E-state index in [-0.39, 0.29) is 16.9 Å². The lowest BCUT2D eigenvalue weighted by molar-refractivity contribution is 0.0696. The number of halogens is 1. The minimum atomic E-state index is -1.10. The van der Waals surface area contributed by atoms with E-state index in [0.29, 0.717) is 11.3 Å². The molecule has 0 unspecified atom stereocenters. The Balaban J connectivity index is 2.63. The van der Waals surface area contributed by atoms with Crippen LogP contribution in [0.1, 0.15) is 10.4 Å². The molecule has 0 aliphatic heterocycles. The summed E-state index contributed by atoms with van der Waals surface area (Å²) in [5, 5.41) is 9.07. The summed E-state index contributed by atoms with van der Waals surface area (Å²) in [6.07, 6.45) is 0. The van der Waals surface area contributed by atoms with Gasteiger partial charge in [0.15, 0.2) is 11.6 Å². The van der Waals surface area contributed by atoms with Crippen molar-refractivity contribution in [3.63, 3.8) is 0 Å². The number of carboxylic acids is 1. The maximum Gasteiger partial charge on any atom is 0.335 e. The molecule has 104 valence electrons. The molecule has 0 aliphatic rings. The molecule has 4 nitrogen and oxygen atoms in total. The lowest BCUT2D eigenvalue weighted by Crippen LogP contribution is -1.99. The summed E-state index contributed by atoms with van der Waals surface area (Å²) in [5.74, 6) is -1.20. The Morgan fingerprint density at radius 2 is 1.90 bits per heavy atom. The van der Waals surface area contributed by atoms with Gasteiger partial charge in [0.1, 0.15) is 5.75 Å². The van der Waals surface area contributed by atoms with Gasteiger partial charge in [0.25, 0.3) is 0 Å². The first-order valence-electron chi connectivity index (χ1n) is 5.82. The van der Waals surface area contributed by atoms with Gasteiger partial charge in [-0.3, -0.25) is 0 Å². The monoisotopic (exact) mass is 276 g/mol. The molecule has 2 aromatic rings. The third-order valence-corrected chi connectivity index (χ3v) is 2.88. The highest BCUT2D eigenvalue weighted by Gasteiger charge is 2.14. The lowest BCUT2D eigenvalue weighted by Gasteiger charge is -2.10. The van der Waals surface area contributed by atoms with Gasteiger partial charge in [-0.2, -0.15) is 0 Å². The van der Waals surface area contributed by atoms with Gasteiger partial charge in [0.05, 0.1) is 19.8 Å². The molecule has 0 atom stereocenters. The van der Waals surface area contributed by atoms with Gasteiger partial charge >= 0.3 is 5.97 Å². The second-order valence-corrected chi connectivity index (χ2v) is 4.08. The van der Waals surface area contributed by atoms with E-state index in [9.17, 15) is 9.18 Å². The van der Waals surface area contributed by atoms with Crippen LogP contribution in [-0.4, -0.2) is 25.3 Å².